The minimum absolute atomic E-state index is 0.168. The van der Waals surface area contributed by atoms with Crippen LogP contribution in [0.5, 0.6) is 0 Å². The molecular weight excluding hydrogens is 318 g/mol. The predicted molar refractivity (Wildman–Crippen MR) is 75.1 cm³/mol. The van der Waals surface area contributed by atoms with Gasteiger partial charge < -0.3 is 10.1 Å². The molecular formula is C13H15BrClNO2. The van der Waals surface area contributed by atoms with Crippen LogP contribution in [0.15, 0.2) is 22.7 Å². The summed E-state index contributed by atoms with van der Waals surface area (Å²) in [6, 6.07) is 5.30. The van der Waals surface area contributed by atoms with Crippen molar-refractivity contribution >= 4 is 33.4 Å². The first kappa shape index (κ1) is 13.8. The van der Waals surface area contributed by atoms with Crippen molar-refractivity contribution in [1.82, 2.24) is 5.32 Å². The minimum atomic E-state index is -0.242. The standard InChI is InChI=1S/C13H15BrClNO2/c1-13(6-3-7-18-13)8-16-12(17)9-4-2-5-10(14)11(9)15/h2,4-5H,3,6-8H2,1H3,(H,16,17). The molecule has 1 atom stereocenters. The van der Waals surface area contributed by atoms with Crippen LogP contribution in [0, 0.1) is 0 Å². The molecule has 98 valence electrons. The lowest BCUT2D eigenvalue weighted by atomic mass is 10.0. The fourth-order valence-corrected chi connectivity index (χ4v) is 2.60. The Morgan fingerprint density at radius 3 is 3.06 bits per heavy atom. The predicted octanol–water partition coefficient (Wildman–Crippen LogP) is 3.40. The maximum absolute atomic E-state index is 12.0. The van der Waals surface area contributed by atoms with E-state index in [1.807, 2.05) is 6.92 Å². The highest BCUT2D eigenvalue weighted by molar-refractivity contribution is 9.10. The number of rotatable bonds is 3. The highest BCUT2D eigenvalue weighted by Gasteiger charge is 2.30. The quantitative estimate of drug-likeness (QED) is 0.921. The maximum Gasteiger partial charge on any atom is 0.252 e. The lowest BCUT2D eigenvalue weighted by Gasteiger charge is -2.23. The molecule has 0 bridgehead atoms. The number of hydrogen-bond acceptors (Lipinski definition) is 2. The second kappa shape index (κ2) is 5.59. The van der Waals surface area contributed by atoms with E-state index in [4.69, 9.17) is 16.3 Å². The van der Waals surface area contributed by atoms with Crippen LogP contribution in [-0.2, 0) is 4.74 Å². The highest BCUT2D eigenvalue weighted by Crippen LogP contribution is 2.27. The normalized spacial score (nSPS) is 23.1. The number of ether oxygens (including phenoxy) is 1. The first-order valence-electron chi connectivity index (χ1n) is 5.88. The number of amides is 1. The van der Waals surface area contributed by atoms with E-state index in [0.29, 0.717) is 17.1 Å². The number of nitrogens with one attached hydrogen (secondary N) is 1. The van der Waals surface area contributed by atoms with E-state index in [1.54, 1.807) is 18.2 Å². The van der Waals surface area contributed by atoms with E-state index in [-0.39, 0.29) is 11.5 Å². The van der Waals surface area contributed by atoms with Crippen molar-refractivity contribution < 1.29 is 9.53 Å². The molecule has 1 saturated heterocycles. The lowest BCUT2D eigenvalue weighted by molar-refractivity contribution is 0.0206. The van der Waals surface area contributed by atoms with Crippen molar-refractivity contribution in [3.8, 4) is 0 Å². The van der Waals surface area contributed by atoms with Crippen LogP contribution in [0.2, 0.25) is 5.02 Å². The average molecular weight is 333 g/mol. The molecule has 0 spiro atoms. The van der Waals surface area contributed by atoms with Crippen LogP contribution in [-0.4, -0.2) is 24.7 Å². The van der Waals surface area contributed by atoms with Gasteiger partial charge in [-0.2, -0.15) is 0 Å². The van der Waals surface area contributed by atoms with Crippen LogP contribution in [0.4, 0.5) is 0 Å². The van der Waals surface area contributed by atoms with Gasteiger partial charge in [0.15, 0.2) is 0 Å². The van der Waals surface area contributed by atoms with E-state index in [0.717, 1.165) is 23.9 Å². The van der Waals surface area contributed by atoms with Gasteiger partial charge >= 0.3 is 0 Å². The zero-order valence-electron chi connectivity index (χ0n) is 10.1. The molecule has 0 aromatic heterocycles. The second-order valence-electron chi connectivity index (χ2n) is 4.69. The topological polar surface area (TPSA) is 38.3 Å². The lowest BCUT2D eigenvalue weighted by Crippen LogP contribution is -2.40. The zero-order valence-corrected chi connectivity index (χ0v) is 12.5. The van der Waals surface area contributed by atoms with E-state index >= 15 is 0 Å². The van der Waals surface area contributed by atoms with E-state index in [9.17, 15) is 4.79 Å². The largest absolute Gasteiger partial charge is 0.373 e. The number of carbonyl (C=O) groups is 1. The van der Waals surface area contributed by atoms with Gasteiger partial charge in [0.05, 0.1) is 16.2 Å². The minimum Gasteiger partial charge on any atom is -0.373 e. The van der Waals surface area contributed by atoms with Crippen LogP contribution in [0.3, 0.4) is 0 Å². The van der Waals surface area contributed by atoms with Gasteiger partial charge in [0.1, 0.15) is 0 Å². The summed E-state index contributed by atoms with van der Waals surface area (Å²) in [5.41, 5.74) is 0.237. The molecule has 1 fully saturated rings. The Bertz CT molecular complexity index is 458. The SMILES string of the molecule is CC1(CNC(=O)c2cccc(Br)c2Cl)CCCO1. The Kier molecular flexibility index (Phi) is 4.30. The fourth-order valence-electron chi connectivity index (χ4n) is 2.02. The van der Waals surface area contributed by atoms with E-state index < -0.39 is 0 Å². The Morgan fingerprint density at radius 1 is 1.61 bits per heavy atom. The van der Waals surface area contributed by atoms with Gasteiger partial charge in [0.2, 0.25) is 0 Å². The average Bonchev–Trinajstić information content (AvgIpc) is 2.77. The van der Waals surface area contributed by atoms with Crippen molar-refractivity contribution in [2.75, 3.05) is 13.2 Å². The third-order valence-electron chi connectivity index (χ3n) is 3.12. The van der Waals surface area contributed by atoms with Crippen LogP contribution >= 0.6 is 27.5 Å². The molecule has 1 amide bonds. The van der Waals surface area contributed by atoms with Crippen LogP contribution in [0.25, 0.3) is 0 Å². The summed E-state index contributed by atoms with van der Waals surface area (Å²) >= 11 is 9.38. The zero-order chi connectivity index (χ0) is 13.2. The first-order valence-corrected chi connectivity index (χ1v) is 7.05. The van der Waals surface area contributed by atoms with Gasteiger partial charge in [-0.05, 0) is 47.8 Å². The maximum atomic E-state index is 12.0. The smallest absolute Gasteiger partial charge is 0.252 e. The number of carbonyl (C=O) groups excluding carboxylic acids is 1. The van der Waals surface area contributed by atoms with Crippen molar-refractivity contribution in [3.05, 3.63) is 33.3 Å². The van der Waals surface area contributed by atoms with Gasteiger partial charge in [-0.25, -0.2) is 0 Å². The van der Waals surface area contributed by atoms with E-state index in [1.165, 1.54) is 0 Å². The van der Waals surface area contributed by atoms with Gasteiger partial charge in [0, 0.05) is 17.6 Å². The van der Waals surface area contributed by atoms with Crippen LogP contribution in [0.1, 0.15) is 30.1 Å². The Labute approximate surface area is 120 Å². The summed E-state index contributed by atoms with van der Waals surface area (Å²) in [7, 11) is 0. The summed E-state index contributed by atoms with van der Waals surface area (Å²) in [4.78, 5) is 12.0. The van der Waals surface area contributed by atoms with Crippen molar-refractivity contribution in [2.24, 2.45) is 0 Å². The monoisotopic (exact) mass is 331 g/mol. The summed E-state index contributed by atoms with van der Waals surface area (Å²) < 4.78 is 6.35. The molecule has 1 N–H and O–H groups in total. The van der Waals surface area contributed by atoms with Gasteiger partial charge in [-0.1, -0.05) is 17.7 Å². The third-order valence-corrected chi connectivity index (χ3v) is 4.42. The fraction of sp³-hybridized carbons (Fsp3) is 0.462. The molecule has 5 heteroatoms. The van der Waals surface area contributed by atoms with Crippen molar-refractivity contribution in [3.63, 3.8) is 0 Å². The number of halogens is 2. The summed E-state index contributed by atoms with van der Waals surface area (Å²) in [5, 5.41) is 3.32. The van der Waals surface area contributed by atoms with E-state index in [2.05, 4.69) is 21.2 Å². The Morgan fingerprint density at radius 2 is 2.39 bits per heavy atom. The van der Waals surface area contributed by atoms with Crippen LogP contribution < -0.4 is 5.32 Å². The Hall–Kier alpha value is -0.580. The van der Waals surface area contributed by atoms with Gasteiger partial charge in [-0.3, -0.25) is 4.79 Å². The van der Waals surface area contributed by atoms with Gasteiger partial charge in [0.25, 0.3) is 5.91 Å². The molecule has 1 heterocycles. The summed E-state index contributed by atoms with van der Waals surface area (Å²) in [6.45, 7) is 3.29. The molecule has 0 saturated carbocycles. The molecule has 0 aliphatic carbocycles. The molecule has 1 unspecified atom stereocenters. The van der Waals surface area contributed by atoms with Crippen molar-refractivity contribution in [2.45, 2.75) is 25.4 Å². The molecule has 1 aromatic carbocycles. The van der Waals surface area contributed by atoms with Crippen molar-refractivity contribution in [1.29, 1.82) is 0 Å². The van der Waals surface area contributed by atoms with Gasteiger partial charge in [-0.15, -0.1) is 0 Å². The Balaban J connectivity index is 2.01. The number of benzene rings is 1. The molecule has 1 aliphatic heterocycles. The molecule has 18 heavy (non-hydrogen) atoms. The molecule has 0 radical (unpaired) electrons. The highest BCUT2D eigenvalue weighted by atomic mass is 79.9. The number of hydrogen-bond donors (Lipinski definition) is 1. The molecule has 3 nitrogen and oxygen atoms in total. The third kappa shape index (κ3) is 3.05. The summed E-state index contributed by atoms with van der Waals surface area (Å²) in [5.74, 6) is -0.168. The summed E-state index contributed by atoms with van der Waals surface area (Å²) in [6.07, 6.45) is 2.02. The molecule has 2 rings (SSSR count). The molecule has 1 aromatic rings. The first-order chi connectivity index (χ1) is 8.52. The second-order valence-corrected chi connectivity index (χ2v) is 5.92. The molecule has 1 aliphatic rings.